The maximum atomic E-state index is 12.2. The van der Waals surface area contributed by atoms with Gasteiger partial charge in [0.1, 0.15) is 0 Å². The van der Waals surface area contributed by atoms with Crippen molar-refractivity contribution in [3.8, 4) is 0 Å². The highest BCUT2D eigenvalue weighted by molar-refractivity contribution is 5.70. The Morgan fingerprint density at radius 2 is 1.90 bits per heavy atom. The molecule has 3 heterocycles. The molecule has 0 aliphatic carbocycles. The van der Waals surface area contributed by atoms with Crippen LogP contribution in [0.2, 0.25) is 0 Å². The number of rotatable bonds is 2. The molecule has 102 valence electrons. The van der Waals surface area contributed by atoms with E-state index in [0.717, 1.165) is 10.3 Å². The third-order valence-corrected chi connectivity index (χ3v) is 3.28. The van der Waals surface area contributed by atoms with Crippen LogP contribution in [0, 0.1) is 0 Å². The van der Waals surface area contributed by atoms with Crippen molar-refractivity contribution in [2.75, 3.05) is 0 Å². The lowest BCUT2D eigenvalue weighted by atomic mass is 10.3. The number of hydrogen-bond acceptors (Lipinski definition) is 4. The van der Waals surface area contributed by atoms with Crippen LogP contribution in [0.4, 0.5) is 0 Å². The number of pyridine rings is 1. The van der Waals surface area contributed by atoms with Crippen molar-refractivity contribution in [3.05, 3.63) is 57.3 Å². The van der Waals surface area contributed by atoms with E-state index in [1.807, 2.05) is 18.2 Å². The minimum absolute atomic E-state index is 0.350. The fourth-order valence-corrected chi connectivity index (χ4v) is 2.18. The van der Waals surface area contributed by atoms with E-state index in [-0.39, 0.29) is 11.2 Å². The molecule has 0 bridgehead atoms. The highest BCUT2D eigenvalue weighted by atomic mass is 16.2. The maximum absolute atomic E-state index is 12.2. The van der Waals surface area contributed by atoms with E-state index in [2.05, 4.69) is 9.97 Å². The van der Waals surface area contributed by atoms with Crippen molar-refractivity contribution < 1.29 is 0 Å². The van der Waals surface area contributed by atoms with Crippen LogP contribution >= 0.6 is 0 Å². The molecule has 0 unspecified atom stereocenters. The van der Waals surface area contributed by atoms with Gasteiger partial charge in [0.25, 0.3) is 5.56 Å². The van der Waals surface area contributed by atoms with E-state index < -0.39 is 0 Å². The van der Waals surface area contributed by atoms with E-state index in [1.165, 1.54) is 11.6 Å². The first-order valence-corrected chi connectivity index (χ1v) is 6.10. The molecule has 0 aliphatic rings. The summed E-state index contributed by atoms with van der Waals surface area (Å²) >= 11 is 0. The van der Waals surface area contributed by atoms with Gasteiger partial charge < -0.3 is 4.57 Å². The second-order valence-corrected chi connectivity index (χ2v) is 4.57. The van der Waals surface area contributed by atoms with Crippen LogP contribution < -0.4 is 11.2 Å². The van der Waals surface area contributed by atoms with Gasteiger partial charge in [-0.2, -0.15) is 0 Å². The number of hydrogen-bond donors (Lipinski definition) is 0. The molecular weight excluding hydrogens is 258 g/mol. The second kappa shape index (κ2) is 4.44. The summed E-state index contributed by atoms with van der Waals surface area (Å²) in [7, 11) is 3.06. The quantitative estimate of drug-likeness (QED) is 0.651. The number of aryl methyl sites for hydroxylation is 1. The highest BCUT2D eigenvalue weighted by Gasteiger charge is 2.14. The van der Waals surface area contributed by atoms with Gasteiger partial charge in [0.05, 0.1) is 18.6 Å². The summed E-state index contributed by atoms with van der Waals surface area (Å²) in [4.78, 5) is 32.5. The molecule has 0 fully saturated rings. The first-order valence-electron chi connectivity index (χ1n) is 6.10. The number of nitrogens with zero attached hydrogens (tertiary/aromatic N) is 5. The smallest absolute Gasteiger partial charge is 0.319 e. The monoisotopic (exact) mass is 271 g/mol. The number of aromatic nitrogens is 5. The van der Waals surface area contributed by atoms with Crippen LogP contribution in [-0.2, 0) is 20.6 Å². The molecule has 3 rings (SSSR count). The molecular formula is C13H13N5O2. The lowest BCUT2D eigenvalue weighted by Crippen LogP contribution is -2.37. The van der Waals surface area contributed by atoms with Gasteiger partial charge in [-0.05, 0) is 12.1 Å². The Morgan fingerprint density at radius 3 is 2.60 bits per heavy atom. The second-order valence-electron chi connectivity index (χ2n) is 4.57. The Hall–Kier alpha value is -2.70. The molecule has 0 spiro atoms. The van der Waals surface area contributed by atoms with Crippen LogP contribution in [0.25, 0.3) is 11.2 Å². The van der Waals surface area contributed by atoms with Gasteiger partial charge in [0, 0.05) is 20.3 Å². The molecule has 0 saturated carbocycles. The van der Waals surface area contributed by atoms with Gasteiger partial charge in [-0.1, -0.05) is 6.07 Å². The first-order chi connectivity index (χ1) is 9.59. The van der Waals surface area contributed by atoms with Crippen molar-refractivity contribution in [2.24, 2.45) is 14.1 Å². The molecule has 0 radical (unpaired) electrons. The maximum Gasteiger partial charge on any atom is 0.332 e. The van der Waals surface area contributed by atoms with Gasteiger partial charge in [0.2, 0.25) is 0 Å². The lowest BCUT2D eigenvalue weighted by Gasteiger charge is -2.06. The van der Waals surface area contributed by atoms with Crippen LogP contribution in [0.5, 0.6) is 0 Å². The SMILES string of the molecule is Cn1c(=O)c2c(ncn2Cc2ccccn2)n(C)c1=O. The largest absolute Gasteiger partial charge is 0.332 e. The molecule has 7 nitrogen and oxygen atoms in total. The fourth-order valence-electron chi connectivity index (χ4n) is 2.18. The zero-order valence-corrected chi connectivity index (χ0v) is 11.1. The molecule has 7 heteroatoms. The van der Waals surface area contributed by atoms with Crippen LogP contribution in [-0.4, -0.2) is 23.7 Å². The normalized spacial score (nSPS) is 11.1. The minimum Gasteiger partial charge on any atom is -0.319 e. The summed E-state index contributed by atoms with van der Waals surface area (Å²) in [6.45, 7) is 0.435. The topological polar surface area (TPSA) is 74.7 Å². The summed E-state index contributed by atoms with van der Waals surface area (Å²) in [5.74, 6) is 0. The molecule has 0 N–H and O–H groups in total. The lowest BCUT2D eigenvalue weighted by molar-refractivity contribution is 0.701. The zero-order valence-electron chi connectivity index (χ0n) is 11.1. The summed E-state index contributed by atoms with van der Waals surface area (Å²) in [6.07, 6.45) is 3.25. The van der Waals surface area contributed by atoms with E-state index in [4.69, 9.17) is 0 Å². The third-order valence-electron chi connectivity index (χ3n) is 3.28. The molecule has 0 aromatic carbocycles. The molecule has 3 aromatic heterocycles. The van der Waals surface area contributed by atoms with Gasteiger partial charge in [-0.3, -0.25) is 18.9 Å². The molecule has 0 amide bonds. The average molecular weight is 271 g/mol. The van der Waals surface area contributed by atoms with Gasteiger partial charge in [-0.15, -0.1) is 0 Å². The fraction of sp³-hybridized carbons (Fsp3) is 0.231. The summed E-state index contributed by atoms with van der Waals surface area (Å²) in [5, 5.41) is 0. The van der Waals surface area contributed by atoms with Crippen molar-refractivity contribution in [1.29, 1.82) is 0 Å². The summed E-state index contributed by atoms with van der Waals surface area (Å²) in [6, 6.07) is 5.59. The number of imidazole rings is 1. The van der Waals surface area contributed by atoms with E-state index in [0.29, 0.717) is 17.7 Å². The summed E-state index contributed by atoms with van der Waals surface area (Å²) < 4.78 is 4.16. The Balaban J connectivity index is 2.24. The van der Waals surface area contributed by atoms with Crippen molar-refractivity contribution in [3.63, 3.8) is 0 Å². The third kappa shape index (κ3) is 1.75. The van der Waals surface area contributed by atoms with Crippen molar-refractivity contribution in [1.82, 2.24) is 23.7 Å². The Kier molecular flexibility index (Phi) is 2.74. The van der Waals surface area contributed by atoms with Gasteiger partial charge in [-0.25, -0.2) is 9.78 Å². The predicted molar refractivity (Wildman–Crippen MR) is 73.6 cm³/mol. The van der Waals surface area contributed by atoms with Crippen molar-refractivity contribution in [2.45, 2.75) is 6.54 Å². The van der Waals surface area contributed by atoms with Crippen molar-refractivity contribution >= 4 is 11.2 Å². The average Bonchev–Trinajstić information content (AvgIpc) is 2.88. The molecule has 0 atom stereocenters. The van der Waals surface area contributed by atoms with Crippen LogP contribution in [0.15, 0.2) is 40.3 Å². The molecule has 20 heavy (non-hydrogen) atoms. The summed E-state index contributed by atoms with van der Waals surface area (Å²) in [5.41, 5.74) is 0.874. The van der Waals surface area contributed by atoms with E-state index in [1.54, 1.807) is 24.1 Å². The van der Waals surface area contributed by atoms with E-state index in [9.17, 15) is 9.59 Å². The number of fused-ring (bicyclic) bond motifs is 1. The van der Waals surface area contributed by atoms with Crippen LogP contribution in [0.3, 0.4) is 0 Å². The van der Waals surface area contributed by atoms with Gasteiger partial charge >= 0.3 is 5.69 Å². The molecule has 3 aromatic rings. The standard InChI is InChI=1S/C13H13N5O2/c1-16-11-10(12(19)17(2)13(16)20)18(8-15-11)7-9-5-3-4-6-14-9/h3-6,8H,7H2,1-2H3. The predicted octanol–water partition coefficient (Wildman–Crippen LogP) is -0.123. The minimum atomic E-state index is -0.384. The Bertz CT molecular complexity index is 889. The zero-order chi connectivity index (χ0) is 14.3. The molecule has 0 aliphatic heterocycles. The Morgan fingerprint density at radius 1 is 1.10 bits per heavy atom. The molecule has 0 saturated heterocycles. The van der Waals surface area contributed by atoms with E-state index >= 15 is 0 Å². The van der Waals surface area contributed by atoms with Gasteiger partial charge in [0.15, 0.2) is 11.2 Å². The van der Waals surface area contributed by atoms with Crippen LogP contribution in [0.1, 0.15) is 5.69 Å². The Labute approximate surface area is 113 Å². The first kappa shape index (κ1) is 12.3. The highest BCUT2D eigenvalue weighted by Crippen LogP contribution is 2.07.